The zero-order valence-corrected chi connectivity index (χ0v) is 18.1. The smallest absolute Gasteiger partial charge is 0.275 e. The van der Waals surface area contributed by atoms with Crippen molar-refractivity contribution in [3.8, 4) is 0 Å². The largest absolute Gasteiger partial charge is 0.341 e. The summed E-state index contributed by atoms with van der Waals surface area (Å²) in [6, 6.07) is 10.4. The van der Waals surface area contributed by atoms with Crippen molar-refractivity contribution in [3.63, 3.8) is 0 Å². The van der Waals surface area contributed by atoms with Crippen LogP contribution in [0.25, 0.3) is 0 Å². The SMILES string of the molecule is CN(C)CC(=O)N(C)C(Cc1ccccc1)C1CCN(C(=O)c2cnsn2)CC1. The number of hydrogen-bond donors (Lipinski definition) is 0. The molecule has 0 N–H and O–H groups in total. The lowest BCUT2D eigenvalue weighted by molar-refractivity contribution is -0.134. The maximum atomic E-state index is 12.8. The average Bonchev–Trinajstić information content (AvgIpc) is 3.26. The Bertz CT molecular complexity index is 789. The van der Waals surface area contributed by atoms with Crippen LogP contribution in [0.5, 0.6) is 0 Å². The molecule has 7 nitrogen and oxygen atoms in total. The van der Waals surface area contributed by atoms with Crippen molar-refractivity contribution < 1.29 is 9.59 Å². The fraction of sp³-hybridized carbons (Fsp3) is 0.524. The van der Waals surface area contributed by atoms with E-state index < -0.39 is 0 Å². The molecule has 29 heavy (non-hydrogen) atoms. The second kappa shape index (κ2) is 9.93. The Morgan fingerprint density at radius 3 is 2.45 bits per heavy atom. The van der Waals surface area contributed by atoms with Gasteiger partial charge >= 0.3 is 0 Å². The van der Waals surface area contributed by atoms with Crippen LogP contribution in [0.2, 0.25) is 0 Å². The van der Waals surface area contributed by atoms with Gasteiger partial charge in [-0.05, 0) is 44.8 Å². The predicted octanol–water partition coefficient (Wildman–Crippen LogP) is 2.02. The first-order chi connectivity index (χ1) is 14.0. The first kappa shape index (κ1) is 21.4. The van der Waals surface area contributed by atoms with E-state index in [9.17, 15) is 9.59 Å². The molecule has 3 rings (SSSR count). The lowest BCUT2D eigenvalue weighted by Crippen LogP contribution is -2.50. The van der Waals surface area contributed by atoms with E-state index in [0.717, 1.165) is 31.0 Å². The number of aromatic nitrogens is 2. The van der Waals surface area contributed by atoms with Gasteiger partial charge in [-0.2, -0.15) is 8.75 Å². The number of amides is 2. The molecule has 1 fully saturated rings. The third-order valence-electron chi connectivity index (χ3n) is 5.58. The minimum absolute atomic E-state index is 0.0474. The molecule has 0 bridgehead atoms. The third kappa shape index (κ3) is 5.61. The summed E-state index contributed by atoms with van der Waals surface area (Å²) in [5.41, 5.74) is 1.65. The van der Waals surface area contributed by atoms with Gasteiger partial charge in [0.2, 0.25) is 5.91 Å². The van der Waals surface area contributed by atoms with E-state index in [-0.39, 0.29) is 17.9 Å². The van der Waals surface area contributed by atoms with Gasteiger partial charge in [-0.15, -0.1) is 0 Å². The summed E-state index contributed by atoms with van der Waals surface area (Å²) in [6.45, 7) is 1.76. The molecule has 0 radical (unpaired) electrons. The summed E-state index contributed by atoms with van der Waals surface area (Å²) in [5, 5.41) is 0. The van der Waals surface area contributed by atoms with Gasteiger partial charge in [0.15, 0.2) is 5.69 Å². The number of carbonyl (C=O) groups excluding carboxylic acids is 2. The van der Waals surface area contributed by atoms with Crippen LogP contribution in [-0.4, -0.2) is 82.1 Å². The van der Waals surface area contributed by atoms with Crippen LogP contribution >= 0.6 is 11.7 Å². The van der Waals surface area contributed by atoms with Crippen molar-refractivity contribution in [2.75, 3.05) is 40.8 Å². The highest BCUT2D eigenvalue weighted by atomic mass is 32.1. The van der Waals surface area contributed by atoms with Crippen molar-refractivity contribution in [2.45, 2.75) is 25.3 Å². The van der Waals surface area contributed by atoms with E-state index in [0.29, 0.717) is 31.2 Å². The van der Waals surface area contributed by atoms with E-state index in [2.05, 4.69) is 20.9 Å². The average molecular weight is 416 g/mol. The molecule has 1 aromatic heterocycles. The van der Waals surface area contributed by atoms with Crippen LogP contribution in [0.1, 0.15) is 28.9 Å². The third-order valence-corrected chi connectivity index (χ3v) is 6.06. The Morgan fingerprint density at radius 2 is 1.86 bits per heavy atom. The van der Waals surface area contributed by atoms with Crippen molar-refractivity contribution in [3.05, 3.63) is 47.8 Å². The van der Waals surface area contributed by atoms with Gasteiger partial charge in [-0.1, -0.05) is 30.3 Å². The minimum atomic E-state index is -0.0474. The zero-order valence-electron chi connectivity index (χ0n) is 17.3. The van der Waals surface area contributed by atoms with Crippen LogP contribution in [0.3, 0.4) is 0 Å². The molecule has 2 amide bonds. The highest BCUT2D eigenvalue weighted by Gasteiger charge is 2.33. The Kier molecular flexibility index (Phi) is 7.33. The van der Waals surface area contributed by atoms with Gasteiger partial charge < -0.3 is 14.7 Å². The van der Waals surface area contributed by atoms with Gasteiger partial charge in [0.25, 0.3) is 5.91 Å². The number of hydrogen-bond acceptors (Lipinski definition) is 6. The quantitative estimate of drug-likeness (QED) is 0.692. The van der Waals surface area contributed by atoms with E-state index in [4.69, 9.17) is 0 Å². The van der Waals surface area contributed by atoms with Gasteiger partial charge in [-0.3, -0.25) is 9.59 Å². The van der Waals surface area contributed by atoms with E-state index in [1.807, 2.05) is 54.0 Å². The van der Waals surface area contributed by atoms with Gasteiger partial charge in [0, 0.05) is 26.2 Å². The van der Waals surface area contributed by atoms with E-state index in [1.54, 1.807) is 0 Å². The Balaban J connectivity index is 1.69. The molecule has 0 spiro atoms. The lowest BCUT2D eigenvalue weighted by atomic mass is 9.85. The summed E-state index contributed by atoms with van der Waals surface area (Å²) >= 11 is 1.05. The number of benzene rings is 1. The van der Waals surface area contributed by atoms with Gasteiger partial charge in [0.1, 0.15) is 0 Å². The van der Waals surface area contributed by atoms with Crippen LogP contribution in [0, 0.1) is 5.92 Å². The number of piperidine rings is 1. The Morgan fingerprint density at radius 1 is 1.17 bits per heavy atom. The number of nitrogens with zero attached hydrogens (tertiary/aromatic N) is 5. The second-order valence-corrected chi connectivity index (χ2v) is 8.48. The highest BCUT2D eigenvalue weighted by molar-refractivity contribution is 6.99. The zero-order chi connectivity index (χ0) is 20.8. The number of likely N-dealkylation sites (N-methyl/N-ethyl adjacent to an activating group) is 2. The molecule has 1 aliphatic rings. The standard InChI is InChI=1S/C21H29N5O2S/c1-24(2)15-20(27)25(3)19(13-16-7-5-4-6-8-16)17-9-11-26(12-10-17)21(28)18-14-22-29-23-18/h4-8,14,17,19H,9-13,15H2,1-3H3. The molecule has 156 valence electrons. The summed E-state index contributed by atoms with van der Waals surface area (Å²) in [6.07, 6.45) is 4.11. The first-order valence-electron chi connectivity index (χ1n) is 9.97. The number of carbonyl (C=O) groups is 2. The van der Waals surface area contributed by atoms with E-state index >= 15 is 0 Å². The molecule has 1 atom stereocenters. The fourth-order valence-corrected chi connectivity index (χ4v) is 4.36. The Hall–Kier alpha value is -2.32. The summed E-state index contributed by atoms with van der Waals surface area (Å²) in [5.74, 6) is 0.431. The van der Waals surface area contributed by atoms with E-state index in [1.165, 1.54) is 11.8 Å². The number of likely N-dealkylation sites (tertiary alicyclic amines) is 1. The molecule has 1 unspecified atom stereocenters. The van der Waals surface area contributed by atoms with Crippen LogP contribution in [-0.2, 0) is 11.2 Å². The lowest BCUT2D eigenvalue weighted by Gasteiger charge is -2.40. The van der Waals surface area contributed by atoms with Gasteiger partial charge in [-0.25, -0.2) is 0 Å². The monoisotopic (exact) mass is 415 g/mol. The molecule has 1 aliphatic heterocycles. The van der Waals surface area contributed by atoms with Gasteiger partial charge in [0.05, 0.1) is 24.5 Å². The maximum absolute atomic E-state index is 12.8. The van der Waals surface area contributed by atoms with Crippen molar-refractivity contribution in [2.24, 2.45) is 5.92 Å². The van der Waals surface area contributed by atoms with Crippen molar-refractivity contribution >= 4 is 23.5 Å². The fourth-order valence-electron chi connectivity index (χ4n) is 3.95. The maximum Gasteiger partial charge on any atom is 0.275 e. The topological polar surface area (TPSA) is 69.6 Å². The van der Waals surface area contributed by atoms with Crippen molar-refractivity contribution in [1.29, 1.82) is 0 Å². The summed E-state index contributed by atoms with van der Waals surface area (Å²) in [4.78, 5) is 31.0. The number of rotatable bonds is 7. The molecule has 8 heteroatoms. The molecule has 2 aromatic rings. The van der Waals surface area contributed by atoms with Crippen molar-refractivity contribution in [1.82, 2.24) is 23.4 Å². The summed E-state index contributed by atoms with van der Waals surface area (Å²) < 4.78 is 7.99. The molecular formula is C21H29N5O2S. The molecule has 0 aliphatic carbocycles. The summed E-state index contributed by atoms with van der Waals surface area (Å²) in [7, 11) is 5.74. The molecule has 1 aromatic carbocycles. The highest BCUT2D eigenvalue weighted by Crippen LogP contribution is 2.27. The minimum Gasteiger partial charge on any atom is -0.341 e. The van der Waals surface area contributed by atoms with Crippen LogP contribution < -0.4 is 0 Å². The molecule has 0 saturated carbocycles. The predicted molar refractivity (Wildman–Crippen MR) is 114 cm³/mol. The molecule has 1 saturated heterocycles. The molecular weight excluding hydrogens is 386 g/mol. The van der Waals surface area contributed by atoms with Crippen LogP contribution in [0.15, 0.2) is 36.5 Å². The normalized spacial score (nSPS) is 16.1. The molecule has 2 heterocycles. The second-order valence-electron chi connectivity index (χ2n) is 7.92. The Labute approximate surface area is 176 Å². The first-order valence-corrected chi connectivity index (χ1v) is 10.7. The van der Waals surface area contributed by atoms with Crippen LogP contribution in [0.4, 0.5) is 0 Å².